The lowest BCUT2D eigenvalue weighted by Crippen LogP contribution is -2.13. The smallest absolute Gasteiger partial charge is 0.0629 e. The van der Waals surface area contributed by atoms with E-state index in [2.05, 4.69) is 15.9 Å². The molecule has 1 aromatic heterocycles. The molecule has 0 saturated heterocycles. The van der Waals surface area contributed by atoms with Gasteiger partial charge in [0.2, 0.25) is 0 Å². The van der Waals surface area contributed by atoms with Crippen molar-refractivity contribution in [3.63, 3.8) is 0 Å². The van der Waals surface area contributed by atoms with Gasteiger partial charge in [0.1, 0.15) is 0 Å². The molecule has 0 fully saturated rings. The molecule has 0 spiro atoms. The van der Waals surface area contributed by atoms with Crippen LogP contribution in [0, 0.1) is 0 Å². The molecule has 0 aliphatic carbocycles. The van der Waals surface area contributed by atoms with Gasteiger partial charge in [0.05, 0.1) is 6.10 Å². The molecule has 0 saturated carbocycles. The molecule has 1 heterocycles. The van der Waals surface area contributed by atoms with E-state index >= 15 is 0 Å². The van der Waals surface area contributed by atoms with Gasteiger partial charge in [-0.15, -0.1) is 11.3 Å². The van der Waals surface area contributed by atoms with Crippen molar-refractivity contribution in [2.24, 2.45) is 0 Å². The van der Waals surface area contributed by atoms with E-state index in [1.807, 2.05) is 41.8 Å². The molecule has 1 nitrogen and oxygen atoms in total. The summed E-state index contributed by atoms with van der Waals surface area (Å²) in [6, 6.07) is 12.1. The van der Waals surface area contributed by atoms with E-state index in [9.17, 15) is 5.11 Å². The van der Waals surface area contributed by atoms with Crippen LogP contribution in [0.2, 0.25) is 0 Å². The molecule has 3 heteroatoms. The summed E-state index contributed by atoms with van der Waals surface area (Å²) < 4.78 is 1.10. The van der Waals surface area contributed by atoms with Gasteiger partial charge in [0, 0.05) is 15.8 Å². The highest BCUT2D eigenvalue weighted by atomic mass is 79.9. The number of hydrogen-bond donors (Lipinski definition) is 1. The predicted molar refractivity (Wildman–Crippen MR) is 71.9 cm³/mol. The second-order valence-corrected chi connectivity index (χ2v) is 5.59. The van der Waals surface area contributed by atoms with Crippen molar-refractivity contribution in [3.05, 3.63) is 56.7 Å². The van der Waals surface area contributed by atoms with E-state index in [0.717, 1.165) is 4.47 Å². The molecule has 0 amide bonds. The Morgan fingerprint density at radius 2 is 1.88 bits per heavy atom. The molecule has 0 radical (unpaired) electrons. The summed E-state index contributed by atoms with van der Waals surface area (Å²) in [6.45, 7) is 0. The van der Waals surface area contributed by atoms with Crippen LogP contribution in [-0.4, -0.2) is 11.2 Å². The zero-order valence-corrected chi connectivity index (χ0v) is 11.2. The van der Waals surface area contributed by atoms with Crippen molar-refractivity contribution in [2.75, 3.05) is 0 Å². The zero-order chi connectivity index (χ0) is 11.4. The topological polar surface area (TPSA) is 20.2 Å². The Labute approximate surface area is 108 Å². The third-order valence-electron chi connectivity index (χ3n) is 2.43. The van der Waals surface area contributed by atoms with Crippen molar-refractivity contribution in [1.29, 1.82) is 0 Å². The molecule has 0 aliphatic rings. The summed E-state index contributed by atoms with van der Waals surface area (Å²) in [5.41, 5.74) is 1.18. The molecule has 1 unspecified atom stereocenters. The minimum atomic E-state index is -0.308. The highest BCUT2D eigenvalue weighted by molar-refractivity contribution is 9.10. The number of hydrogen-bond acceptors (Lipinski definition) is 2. The van der Waals surface area contributed by atoms with Crippen LogP contribution in [0.3, 0.4) is 0 Å². The van der Waals surface area contributed by atoms with Gasteiger partial charge in [0.15, 0.2) is 0 Å². The highest BCUT2D eigenvalue weighted by Crippen LogP contribution is 2.24. The van der Waals surface area contributed by atoms with Gasteiger partial charge < -0.3 is 5.11 Å². The van der Waals surface area contributed by atoms with Crippen LogP contribution in [0.25, 0.3) is 0 Å². The van der Waals surface area contributed by atoms with Crippen molar-refractivity contribution in [3.8, 4) is 0 Å². The molecule has 1 aromatic carbocycles. The fraction of sp³-hybridized carbons (Fsp3) is 0.231. The monoisotopic (exact) mass is 296 g/mol. The van der Waals surface area contributed by atoms with Crippen LogP contribution in [0.5, 0.6) is 0 Å². The molecular weight excluding hydrogens is 284 g/mol. The molecule has 1 N–H and O–H groups in total. The molecule has 2 rings (SSSR count). The first kappa shape index (κ1) is 11.8. The number of thiophene rings is 1. The van der Waals surface area contributed by atoms with Crippen LogP contribution in [0.15, 0.2) is 46.3 Å². The lowest BCUT2D eigenvalue weighted by Gasteiger charge is -2.09. The summed E-state index contributed by atoms with van der Waals surface area (Å²) in [6.07, 6.45) is 1.12. The fourth-order valence-electron chi connectivity index (χ4n) is 1.64. The maximum atomic E-state index is 9.98. The quantitative estimate of drug-likeness (QED) is 0.913. The second kappa shape index (κ2) is 5.62. The van der Waals surface area contributed by atoms with Gasteiger partial charge in [-0.2, -0.15) is 0 Å². The summed E-state index contributed by atoms with van der Waals surface area (Å²) in [5.74, 6) is 0. The highest BCUT2D eigenvalue weighted by Gasteiger charge is 2.10. The summed E-state index contributed by atoms with van der Waals surface area (Å²) in [4.78, 5) is 1.21. The van der Waals surface area contributed by atoms with Crippen LogP contribution in [-0.2, 0) is 12.8 Å². The van der Waals surface area contributed by atoms with Gasteiger partial charge in [-0.05, 0) is 39.4 Å². The van der Waals surface area contributed by atoms with E-state index in [-0.39, 0.29) is 6.10 Å². The Morgan fingerprint density at radius 3 is 2.50 bits per heavy atom. The van der Waals surface area contributed by atoms with E-state index in [0.29, 0.717) is 12.8 Å². The molecule has 0 bridgehead atoms. The van der Waals surface area contributed by atoms with Gasteiger partial charge in [-0.25, -0.2) is 0 Å². The lowest BCUT2D eigenvalue weighted by molar-refractivity contribution is 0.176. The van der Waals surface area contributed by atoms with E-state index in [1.54, 1.807) is 11.3 Å². The molecule has 2 aromatic rings. The summed E-state index contributed by atoms with van der Waals surface area (Å²) in [7, 11) is 0. The molecule has 1 atom stereocenters. The van der Waals surface area contributed by atoms with Crippen LogP contribution in [0.4, 0.5) is 0 Å². The molecule has 84 valence electrons. The van der Waals surface area contributed by atoms with Gasteiger partial charge in [-0.1, -0.05) is 30.3 Å². The first-order valence-corrected chi connectivity index (χ1v) is 6.87. The first-order chi connectivity index (χ1) is 7.75. The Morgan fingerprint density at radius 1 is 1.12 bits per heavy atom. The first-order valence-electron chi connectivity index (χ1n) is 5.19. The number of aliphatic hydroxyl groups is 1. The number of benzene rings is 1. The van der Waals surface area contributed by atoms with Crippen molar-refractivity contribution in [2.45, 2.75) is 18.9 Å². The largest absolute Gasteiger partial charge is 0.392 e. The molecule has 0 aliphatic heterocycles. The van der Waals surface area contributed by atoms with Crippen molar-refractivity contribution >= 4 is 27.3 Å². The Hall–Kier alpha value is -0.640. The van der Waals surface area contributed by atoms with Crippen LogP contribution < -0.4 is 0 Å². The Balaban J connectivity index is 1.95. The maximum Gasteiger partial charge on any atom is 0.0629 e. The van der Waals surface area contributed by atoms with Crippen molar-refractivity contribution in [1.82, 2.24) is 0 Å². The minimum absolute atomic E-state index is 0.308. The average Bonchev–Trinajstić information content (AvgIpc) is 2.66. The van der Waals surface area contributed by atoms with Crippen LogP contribution >= 0.6 is 27.3 Å². The fourth-order valence-corrected chi connectivity index (χ4v) is 3.23. The molecule has 16 heavy (non-hydrogen) atoms. The number of halogens is 1. The lowest BCUT2D eigenvalue weighted by atomic mass is 10.1. The summed E-state index contributed by atoms with van der Waals surface area (Å²) >= 11 is 5.16. The predicted octanol–water partition coefficient (Wildman–Crippen LogP) is 3.66. The Kier molecular flexibility index (Phi) is 4.16. The van der Waals surface area contributed by atoms with Gasteiger partial charge in [0.25, 0.3) is 0 Å². The third-order valence-corrected chi connectivity index (χ3v) is 4.37. The van der Waals surface area contributed by atoms with Gasteiger partial charge in [-0.3, -0.25) is 0 Å². The third kappa shape index (κ3) is 3.17. The van der Waals surface area contributed by atoms with Crippen LogP contribution in [0.1, 0.15) is 10.4 Å². The normalized spacial score (nSPS) is 12.6. The molecular formula is C13H13BrOS. The maximum absolute atomic E-state index is 9.98. The zero-order valence-electron chi connectivity index (χ0n) is 8.77. The van der Waals surface area contributed by atoms with E-state index in [4.69, 9.17) is 0 Å². The average molecular weight is 297 g/mol. The van der Waals surface area contributed by atoms with Gasteiger partial charge >= 0.3 is 0 Å². The van der Waals surface area contributed by atoms with Crippen molar-refractivity contribution < 1.29 is 5.11 Å². The standard InChI is InChI=1S/C13H13BrOS/c14-12-6-7-16-13(12)9-11(15)8-10-4-2-1-3-5-10/h1-7,11,15H,8-9H2. The summed E-state index contributed by atoms with van der Waals surface area (Å²) in [5, 5.41) is 12.0. The Bertz CT molecular complexity index is 438. The number of aliphatic hydroxyl groups excluding tert-OH is 1. The van der Waals surface area contributed by atoms with E-state index < -0.39 is 0 Å². The second-order valence-electron chi connectivity index (χ2n) is 3.74. The number of rotatable bonds is 4. The minimum Gasteiger partial charge on any atom is -0.392 e. The van der Waals surface area contributed by atoms with E-state index in [1.165, 1.54) is 10.4 Å². The SMILES string of the molecule is OC(Cc1ccccc1)Cc1sccc1Br.